The molecule has 1 aliphatic rings. The topological polar surface area (TPSA) is 34.1 Å². The molecule has 1 aromatic heterocycles. The van der Waals surface area contributed by atoms with Gasteiger partial charge in [0.1, 0.15) is 6.10 Å². The van der Waals surface area contributed by atoms with E-state index < -0.39 is 0 Å². The molecule has 16 heavy (non-hydrogen) atoms. The standard InChI is InChI=1S/C11H14Br2N2O/c1-14-5-7-2-3-16-11(7)10-9(13)4-8(12)6-15-10/h4,6-7,11,14H,2-3,5H2,1H3. The van der Waals surface area contributed by atoms with Crippen LogP contribution < -0.4 is 5.32 Å². The maximum Gasteiger partial charge on any atom is 0.105 e. The number of rotatable bonds is 3. The van der Waals surface area contributed by atoms with Crippen LogP contribution in [0.1, 0.15) is 18.2 Å². The number of pyridine rings is 1. The molecule has 0 radical (unpaired) electrons. The van der Waals surface area contributed by atoms with Crippen molar-refractivity contribution in [3.8, 4) is 0 Å². The summed E-state index contributed by atoms with van der Waals surface area (Å²) in [6.07, 6.45) is 3.02. The van der Waals surface area contributed by atoms with Crippen LogP contribution in [0.15, 0.2) is 21.2 Å². The van der Waals surface area contributed by atoms with Gasteiger partial charge >= 0.3 is 0 Å². The van der Waals surface area contributed by atoms with Crippen LogP contribution in [-0.2, 0) is 4.74 Å². The molecule has 5 heteroatoms. The van der Waals surface area contributed by atoms with Gasteiger partial charge in [0.15, 0.2) is 0 Å². The highest BCUT2D eigenvalue weighted by Crippen LogP contribution is 2.37. The van der Waals surface area contributed by atoms with Gasteiger partial charge in [-0.3, -0.25) is 4.98 Å². The molecule has 0 saturated carbocycles. The maximum atomic E-state index is 5.78. The van der Waals surface area contributed by atoms with Crippen molar-refractivity contribution < 1.29 is 4.74 Å². The zero-order chi connectivity index (χ0) is 11.5. The molecule has 0 aliphatic carbocycles. The lowest BCUT2D eigenvalue weighted by Crippen LogP contribution is -2.22. The van der Waals surface area contributed by atoms with Crippen LogP contribution >= 0.6 is 31.9 Å². The SMILES string of the molecule is CNCC1CCOC1c1ncc(Br)cc1Br. The molecular weight excluding hydrogens is 336 g/mol. The highest BCUT2D eigenvalue weighted by molar-refractivity contribution is 9.11. The van der Waals surface area contributed by atoms with Crippen molar-refractivity contribution in [2.24, 2.45) is 5.92 Å². The van der Waals surface area contributed by atoms with E-state index in [0.29, 0.717) is 5.92 Å². The van der Waals surface area contributed by atoms with Crippen LogP contribution in [-0.4, -0.2) is 25.2 Å². The molecule has 1 fully saturated rings. The summed E-state index contributed by atoms with van der Waals surface area (Å²) in [5.41, 5.74) is 1.00. The number of halogens is 2. The Labute approximate surface area is 112 Å². The lowest BCUT2D eigenvalue weighted by atomic mass is 9.99. The number of nitrogens with one attached hydrogen (secondary N) is 1. The highest BCUT2D eigenvalue weighted by atomic mass is 79.9. The Bertz CT molecular complexity index is 373. The van der Waals surface area contributed by atoms with E-state index in [2.05, 4.69) is 42.2 Å². The Morgan fingerprint density at radius 2 is 2.38 bits per heavy atom. The van der Waals surface area contributed by atoms with Gasteiger partial charge < -0.3 is 10.1 Å². The number of hydrogen-bond donors (Lipinski definition) is 1. The van der Waals surface area contributed by atoms with E-state index in [9.17, 15) is 0 Å². The summed E-state index contributed by atoms with van der Waals surface area (Å²) >= 11 is 6.95. The monoisotopic (exact) mass is 348 g/mol. The quantitative estimate of drug-likeness (QED) is 0.911. The maximum absolute atomic E-state index is 5.78. The smallest absolute Gasteiger partial charge is 0.105 e. The minimum Gasteiger partial charge on any atom is -0.372 e. The Balaban J connectivity index is 2.22. The van der Waals surface area contributed by atoms with E-state index in [-0.39, 0.29) is 6.10 Å². The fourth-order valence-corrected chi connectivity index (χ4v) is 3.25. The molecular formula is C11H14Br2N2O. The molecule has 88 valence electrons. The van der Waals surface area contributed by atoms with Gasteiger partial charge in [-0.2, -0.15) is 0 Å². The van der Waals surface area contributed by atoms with E-state index >= 15 is 0 Å². The summed E-state index contributed by atoms with van der Waals surface area (Å²) in [5, 5.41) is 3.21. The Morgan fingerprint density at radius 1 is 1.56 bits per heavy atom. The normalized spacial score (nSPS) is 24.9. The third kappa shape index (κ3) is 2.64. The van der Waals surface area contributed by atoms with Gasteiger partial charge in [0.05, 0.1) is 5.69 Å². The molecule has 1 N–H and O–H groups in total. The van der Waals surface area contributed by atoms with Crippen molar-refractivity contribution in [3.63, 3.8) is 0 Å². The number of ether oxygens (including phenoxy) is 1. The third-order valence-corrected chi connectivity index (χ3v) is 3.86. The third-order valence-electron chi connectivity index (χ3n) is 2.79. The number of aromatic nitrogens is 1. The summed E-state index contributed by atoms with van der Waals surface area (Å²) in [6.45, 7) is 1.79. The van der Waals surface area contributed by atoms with E-state index in [1.54, 1.807) is 0 Å². The molecule has 2 rings (SSSR count). The zero-order valence-corrected chi connectivity index (χ0v) is 12.2. The molecule has 3 nitrogen and oxygen atoms in total. The molecule has 2 atom stereocenters. The van der Waals surface area contributed by atoms with Crippen LogP contribution in [0, 0.1) is 5.92 Å². The summed E-state index contributed by atoms with van der Waals surface area (Å²) in [4.78, 5) is 4.45. The number of nitrogens with zero attached hydrogens (tertiary/aromatic N) is 1. The predicted molar refractivity (Wildman–Crippen MR) is 70.4 cm³/mol. The Morgan fingerprint density at radius 3 is 3.06 bits per heavy atom. The molecule has 0 bridgehead atoms. The van der Waals surface area contributed by atoms with Gasteiger partial charge in [0.25, 0.3) is 0 Å². The largest absolute Gasteiger partial charge is 0.372 e. The summed E-state index contributed by atoms with van der Waals surface area (Å²) in [7, 11) is 1.97. The molecule has 0 amide bonds. The van der Waals surface area contributed by atoms with Gasteiger partial charge in [0, 0.05) is 34.2 Å². The lowest BCUT2D eigenvalue weighted by molar-refractivity contribution is 0.0869. The van der Waals surface area contributed by atoms with Crippen LogP contribution in [0.3, 0.4) is 0 Å². The van der Waals surface area contributed by atoms with Crippen LogP contribution in [0.2, 0.25) is 0 Å². The number of hydrogen-bond acceptors (Lipinski definition) is 3. The fourth-order valence-electron chi connectivity index (χ4n) is 2.04. The lowest BCUT2D eigenvalue weighted by Gasteiger charge is -2.18. The van der Waals surface area contributed by atoms with Gasteiger partial charge in [-0.1, -0.05) is 0 Å². The van der Waals surface area contributed by atoms with Crippen molar-refractivity contribution >= 4 is 31.9 Å². The summed E-state index contributed by atoms with van der Waals surface area (Å²) in [5.74, 6) is 0.509. The van der Waals surface area contributed by atoms with E-state index in [4.69, 9.17) is 4.74 Å². The van der Waals surface area contributed by atoms with Crippen molar-refractivity contribution in [1.29, 1.82) is 0 Å². The zero-order valence-electron chi connectivity index (χ0n) is 9.04. The summed E-state index contributed by atoms with van der Waals surface area (Å²) < 4.78 is 7.76. The van der Waals surface area contributed by atoms with Crippen LogP contribution in [0.5, 0.6) is 0 Å². The fraction of sp³-hybridized carbons (Fsp3) is 0.545. The van der Waals surface area contributed by atoms with Crippen molar-refractivity contribution in [2.45, 2.75) is 12.5 Å². The van der Waals surface area contributed by atoms with Gasteiger partial charge in [0.2, 0.25) is 0 Å². The second-order valence-corrected chi connectivity index (χ2v) is 5.69. The van der Waals surface area contributed by atoms with Gasteiger partial charge in [-0.25, -0.2) is 0 Å². The first-order valence-electron chi connectivity index (χ1n) is 5.29. The highest BCUT2D eigenvalue weighted by Gasteiger charge is 2.31. The predicted octanol–water partition coefficient (Wildman–Crippen LogP) is 2.90. The van der Waals surface area contributed by atoms with E-state index in [1.165, 1.54) is 0 Å². The first kappa shape index (κ1) is 12.5. The average Bonchev–Trinajstić information content (AvgIpc) is 2.67. The molecule has 1 aliphatic heterocycles. The van der Waals surface area contributed by atoms with Crippen molar-refractivity contribution in [3.05, 3.63) is 26.9 Å². The summed E-state index contributed by atoms with van der Waals surface area (Å²) in [6, 6.07) is 2.01. The Hall–Kier alpha value is 0.0300. The molecule has 0 aromatic carbocycles. The minimum absolute atomic E-state index is 0.106. The first-order chi connectivity index (χ1) is 7.72. The van der Waals surface area contributed by atoms with Gasteiger partial charge in [-0.05, 0) is 51.4 Å². The first-order valence-corrected chi connectivity index (χ1v) is 6.88. The molecule has 2 heterocycles. The van der Waals surface area contributed by atoms with Crippen molar-refractivity contribution in [2.75, 3.05) is 20.2 Å². The molecule has 0 spiro atoms. The second-order valence-electron chi connectivity index (χ2n) is 3.92. The Kier molecular flexibility index (Phi) is 4.35. The average molecular weight is 350 g/mol. The minimum atomic E-state index is 0.106. The molecule has 1 aromatic rings. The van der Waals surface area contributed by atoms with Crippen LogP contribution in [0.4, 0.5) is 0 Å². The molecule has 1 saturated heterocycles. The van der Waals surface area contributed by atoms with Crippen molar-refractivity contribution in [1.82, 2.24) is 10.3 Å². The van der Waals surface area contributed by atoms with Crippen LogP contribution in [0.25, 0.3) is 0 Å². The van der Waals surface area contributed by atoms with E-state index in [0.717, 1.165) is 34.2 Å². The second kappa shape index (κ2) is 5.58. The van der Waals surface area contributed by atoms with Gasteiger partial charge in [-0.15, -0.1) is 0 Å². The molecule has 2 unspecified atom stereocenters. The van der Waals surface area contributed by atoms with E-state index in [1.807, 2.05) is 19.3 Å².